The van der Waals surface area contributed by atoms with Gasteiger partial charge in [-0.2, -0.15) is 0 Å². The largest absolute Gasteiger partial charge is 0.339 e. The molecular formula is C21H24N2O3S. The molecule has 6 heteroatoms. The number of carbonyl (C=O) groups is 1. The number of aryl methyl sites for hydroxylation is 1. The van der Waals surface area contributed by atoms with E-state index in [0.717, 1.165) is 44.3 Å². The maximum atomic E-state index is 13.1. The monoisotopic (exact) mass is 384 g/mol. The van der Waals surface area contributed by atoms with Gasteiger partial charge in [0, 0.05) is 25.2 Å². The zero-order valence-corrected chi connectivity index (χ0v) is 16.1. The van der Waals surface area contributed by atoms with Crippen LogP contribution in [0.1, 0.15) is 41.6 Å². The van der Waals surface area contributed by atoms with Gasteiger partial charge in [0.05, 0.1) is 10.6 Å². The van der Waals surface area contributed by atoms with E-state index in [1.54, 1.807) is 36.4 Å². The lowest BCUT2D eigenvalue weighted by atomic mass is 10.00. The number of carbonyl (C=O) groups excluding carboxylic acids is 1. The Morgan fingerprint density at radius 1 is 0.852 bits per heavy atom. The Balaban J connectivity index is 1.65. The zero-order valence-electron chi connectivity index (χ0n) is 15.3. The van der Waals surface area contributed by atoms with E-state index in [1.807, 2.05) is 17.0 Å². The second-order valence-electron chi connectivity index (χ2n) is 7.19. The van der Waals surface area contributed by atoms with Gasteiger partial charge in [-0.05, 0) is 68.0 Å². The highest BCUT2D eigenvalue weighted by Gasteiger charge is 2.30. The summed E-state index contributed by atoms with van der Waals surface area (Å²) in [6, 6.07) is 14.0. The third-order valence-electron chi connectivity index (χ3n) is 5.38. The molecule has 1 amide bonds. The Kier molecular flexibility index (Phi) is 4.91. The van der Waals surface area contributed by atoms with Crippen molar-refractivity contribution < 1.29 is 13.2 Å². The molecule has 2 aliphatic heterocycles. The van der Waals surface area contributed by atoms with E-state index < -0.39 is 10.0 Å². The number of hydrogen-bond donors (Lipinski definition) is 0. The first kappa shape index (κ1) is 18.0. The van der Waals surface area contributed by atoms with E-state index in [1.165, 1.54) is 10.7 Å². The lowest BCUT2D eigenvalue weighted by Gasteiger charge is -2.31. The van der Waals surface area contributed by atoms with Crippen molar-refractivity contribution in [2.24, 2.45) is 0 Å². The standard InChI is InChI=1S/C21H24N2O3S/c24-21(22-13-5-2-6-14-22)18-11-12-20-17(16-18)8-7-15-23(20)27(25,26)19-9-3-1-4-10-19/h1,3-4,9-12,16H,2,5-8,13-15H2. The predicted molar refractivity (Wildman–Crippen MR) is 105 cm³/mol. The minimum atomic E-state index is -3.59. The Bertz CT molecular complexity index is 935. The fourth-order valence-corrected chi connectivity index (χ4v) is 5.51. The molecule has 0 aromatic heterocycles. The number of likely N-dealkylation sites (tertiary alicyclic amines) is 1. The van der Waals surface area contributed by atoms with Crippen molar-refractivity contribution in [1.29, 1.82) is 0 Å². The van der Waals surface area contributed by atoms with Crippen LogP contribution in [0.25, 0.3) is 0 Å². The third-order valence-corrected chi connectivity index (χ3v) is 7.20. The second kappa shape index (κ2) is 7.35. The summed E-state index contributed by atoms with van der Waals surface area (Å²) in [6.07, 6.45) is 4.83. The summed E-state index contributed by atoms with van der Waals surface area (Å²) in [6.45, 7) is 2.08. The number of nitrogens with zero attached hydrogens (tertiary/aromatic N) is 2. The van der Waals surface area contributed by atoms with Crippen molar-refractivity contribution in [3.8, 4) is 0 Å². The molecule has 4 rings (SSSR count). The third kappa shape index (κ3) is 3.46. The van der Waals surface area contributed by atoms with Crippen LogP contribution in [0.2, 0.25) is 0 Å². The van der Waals surface area contributed by atoms with Gasteiger partial charge in [0.2, 0.25) is 0 Å². The van der Waals surface area contributed by atoms with Gasteiger partial charge in [0.25, 0.3) is 15.9 Å². The second-order valence-corrected chi connectivity index (χ2v) is 9.05. The molecule has 1 fully saturated rings. The number of fused-ring (bicyclic) bond motifs is 1. The zero-order chi connectivity index (χ0) is 18.9. The molecular weight excluding hydrogens is 360 g/mol. The first-order chi connectivity index (χ1) is 13.1. The quantitative estimate of drug-likeness (QED) is 0.814. The van der Waals surface area contributed by atoms with E-state index in [-0.39, 0.29) is 5.91 Å². The summed E-state index contributed by atoms with van der Waals surface area (Å²) in [5, 5.41) is 0. The van der Waals surface area contributed by atoms with Crippen molar-refractivity contribution in [2.45, 2.75) is 37.0 Å². The molecule has 0 spiro atoms. The van der Waals surface area contributed by atoms with Crippen LogP contribution in [-0.4, -0.2) is 38.9 Å². The van der Waals surface area contributed by atoms with Gasteiger partial charge in [-0.3, -0.25) is 9.10 Å². The van der Waals surface area contributed by atoms with Crippen LogP contribution in [0.3, 0.4) is 0 Å². The summed E-state index contributed by atoms with van der Waals surface area (Å²) < 4.78 is 27.6. The van der Waals surface area contributed by atoms with Gasteiger partial charge in [0.1, 0.15) is 0 Å². The minimum Gasteiger partial charge on any atom is -0.339 e. The molecule has 2 aromatic carbocycles. The number of benzene rings is 2. The van der Waals surface area contributed by atoms with Gasteiger partial charge < -0.3 is 4.90 Å². The summed E-state index contributed by atoms with van der Waals surface area (Å²) in [5.41, 5.74) is 2.29. The Hall–Kier alpha value is -2.34. The molecule has 0 aliphatic carbocycles. The highest BCUT2D eigenvalue weighted by Crippen LogP contribution is 2.33. The van der Waals surface area contributed by atoms with Crippen LogP contribution < -0.4 is 4.31 Å². The van der Waals surface area contributed by atoms with Gasteiger partial charge in [0.15, 0.2) is 0 Å². The van der Waals surface area contributed by atoms with Crippen molar-refractivity contribution in [2.75, 3.05) is 23.9 Å². The predicted octanol–water partition coefficient (Wildman–Crippen LogP) is 3.45. The summed E-state index contributed by atoms with van der Waals surface area (Å²) in [4.78, 5) is 15.0. The average Bonchev–Trinajstić information content (AvgIpc) is 2.73. The van der Waals surface area contributed by atoms with Crippen molar-refractivity contribution >= 4 is 21.6 Å². The molecule has 0 radical (unpaired) electrons. The molecule has 142 valence electrons. The molecule has 1 saturated heterocycles. The molecule has 0 N–H and O–H groups in total. The highest BCUT2D eigenvalue weighted by molar-refractivity contribution is 7.92. The van der Waals surface area contributed by atoms with Crippen molar-refractivity contribution in [1.82, 2.24) is 4.90 Å². The van der Waals surface area contributed by atoms with E-state index in [9.17, 15) is 13.2 Å². The lowest BCUT2D eigenvalue weighted by molar-refractivity contribution is 0.0724. The van der Waals surface area contributed by atoms with E-state index in [4.69, 9.17) is 0 Å². The maximum absolute atomic E-state index is 13.1. The van der Waals surface area contributed by atoms with Gasteiger partial charge in [-0.1, -0.05) is 18.2 Å². The average molecular weight is 385 g/mol. The Morgan fingerprint density at radius 3 is 2.33 bits per heavy atom. The summed E-state index contributed by atoms with van der Waals surface area (Å²) in [5.74, 6) is 0.0561. The van der Waals surface area contributed by atoms with Gasteiger partial charge in [-0.25, -0.2) is 8.42 Å². The first-order valence-electron chi connectivity index (χ1n) is 9.57. The molecule has 0 atom stereocenters. The highest BCUT2D eigenvalue weighted by atomic mass is 32.2. The minimum absolute atomic E-state index is 0.0561. The lowest BCUT2D eigenvalue weighted by Crippen LogP contribution is -2.37. The molecule has 2 aliphatic rings. The SMILES string of the molecule is O=C(c1ccc2c(c1)CCCN2S(=O)(=O)c1ccccc1)N1CCCCC1. The smallest absolute Gasteiger partial charge is 0.264 e. The van der Waals surface area contributed by atoms with Gasteiger partial charge >= 0.3 is 0 Å². The first-order valence-corrected chi connectivity index (χ1v) is 11.0. The summed E-state index contributed by atoms with van der Waals surface area (Å²) in [7, 11) is -3.59. The number of rotatable bonds is 3. The molecule has 2 heterocycles. The topological polar surface area (TPSA) is 57.7 Å². The van der Waals surface area contributed by atoms with Crippen LogP contribution in [0.4, 0.5) is 5.69 Å². The molecule has 27 heavy (non-hydrogen) atoms. The van der Waals surface area contributed by atoms with E-state index >= 15 is 0 Å². The van der Waals surface area contributed by atoms with Crippen LogP contribution >= 0.6 is 0 Å². The number of hydrogen-bond acceptors (Lipinski definition) is 3. The van der Waals surface area contributed by atoms with Crippen LogP contribution in [0.5, 0.6) is 0 Å². The fourth-order valence-electron chi connectivity index (χ4n) is 3.94. The Labute approximate surface area is 160 Å². The number of piperidine rings is 1. The van der Waals surface area contributed by atoms with E-state index in [0.29, 0.717) is 22.7 Å². The van der Waals surface area contributed by atoms with Gasteiger partial charge in [-0.15, -0.1) is 0 Å². The van der Waals surface area contributed by atoms with E-state index in [2.05, 4.69) is 0 Å². The number of sulfonamides is 1. The molecule has 5 nitrogen and oxygen atoms in total. The summed E-state index contributed by atoms with van der Waals surface area (Å²) >= 11 is 0. The number of amides is 1. The molecule has 0 saturated carbocycles. The molecule has 0 unspecified atom stereocenters. The van der Waals surface area contributed by atoms with Crippen LogP contribution in [0, 0.1) is 0 Å². The number of anilines is 1. The molecule has 2 aromatic rings. The van der Waals surface area contributed by atoms with Crippen molar-refractivity contribution in [3.05, 3.63) is 59.7 Å². The normalized spacial score (nSPS) is 17.5. The van der Waals surface area contributed by atoms with Crippen LogP contribution in [-0.2, 0) is 16.4 Å². The Morgan fingerprint density at radius 2 is 1.59 bits per heavy atom. The molecule has 0 bridgehead atoms. The fraction of sp³-hybridized carbons (Fsp3) is 0.381. The van der Waals surface area contributed by atoms with Crippen molar-refractivity contribution in [3.63, 3.8) is 0 Å². The maximum Gasteiger partial charge on any atom is 0.264 e. The van der Waals surface area contributed by atoms with Crippen LogP contribution in [0.15, 0.2) is 53.4 Å².